The van der Waals surface area contributed by atoms with E-state index in [0.29, 0.717) is 24.6 Å². The van der Waals surface area contributed by atoms with Crippen LogP contribution in [0.5, 0.6) is 0 Å². The molecule has 0 atom stereocenters. The van der Waals surface area contributed by atoms with Crippen LogP contribution in [0.2, 0.25) is 0 Å². The van der Waals surface area contributed by atoms with E-state index in [4.69, 9.17) is 26.2 Å². The first-order valence-corrected chi connectivity index (χ1v) is 7.19. The Labute approximate surface area is 147 Å². The van der Waals surface area contributed by atoms with Crippen LogP contribution in [-0.2, 0) is 30.0 Å². The van der Waals surface area contributed by atoms with Crippen molar-refractivity contribution in [2.45, 2.75) is 26.8 Å². The van der Waals surface area contributed by atoms with E-state index in [-0.39, 0.29) is 23.7 Å². The van der Waals surface area contributed by atoms with Gasteiger partial charge in [-0.3, -0.25) is 0 Å². The van der Waals surface area contributed by atoms with Crippen molar-refractivity contribution < 1.29 is 31.8 Å². The third kappa shape index (κ3) is 6.87. The first kappa shape index (κ1) is 21.2. The Morgan fingerprint density at radius 2 is 2.04 bits per heavy atom. The first-order chi connectivity index (χ1) is 10.3. The third-order valence-corrected chi connectivity index (χ3v) is 4.00. The van der Waals surface area contributed by atoms with Gasteiger partial charge in [-0.05, 0) is 6.92 Å². The summed E-state index contributed by atoms with van der Waals surface area (Å²) in [6.45, 7) is 4.71. The molecule has 0 saturated carbocycles. The number of hydrogen-bond donors (Lipinski definition) is 2. The van der Waals surface area contributed by atoms with Gasteiger partial charge in [0.05, 0.1) is 15.5 Å². The fourth-order valence-electron chi connectivity index (χ4n) is 1.77. The predicted octanol–water partition coefficient (Wildman–Crippen LogP) is 0.366. The Balaban J connectivity index is 0.000000871. The maximum atomic E-state index is 8.98. The van der Waals surface area contributed by atoms with Gasteiger partial charge in [-0.2, -0.15) is 4.57 Å². The van der Waals surface area contributed by atoms with Crippen LogP contribution in [0.1, 0.15) is 22.0 Å². The zero-order valence-electron chi connectivity index (χ0n) is 12.6. The summed E-state index contributed by atoms with van der Waals surface area (Å²) >= 11 is 1.65. The minimum atomic E-state index is -1.75. The number of nitrogens with two attached hydrogens (primary N) is 1. The summed E-state index contributed by atoms with van der Waals surface area (Å²) in [7, 11) is 0. The molecule has 0 aromatic carbocycles. The molecule has 0 spiro atoms. The molecule has 3 N–H and O–H groups in total. The zero-order valence-corrected chi connectivity index (χ0v) is 14.5. The third-order valence-electron chi connectivity index (χ3n) is 2.85. The van der Waals surface area contributed by atoms with E-state index in [2.05, 4.69) is 14.5 Å². The summed E-state index contributed by atoms with van der Waals surface area (Å²) in [6.07, 6.45) is 2.47. The molecule has 0 aliphatic rings. The number of rotatable bonds is 4. The van der Waals surface area contributed by atoms with Crippen molar-refractivity contribution in [3.8, 4) is 0 Å². The molecule has 2 aromatic heterocycles. The number of anilines is 1. The van der Waals surface area contributed by atoms with Gasteiger partial charge in [-0.25, -0.2) is 9.97 Å². The second kappa shape index (κ2) is 10.1. The summed E-state index contributed by atoms with van der Waals surface area (Å²) < 4.78 is 2.11. The number of nitrogen functional groups attached to an aromatic ring is 1. The number of nitrogens with zero attached hydrogens (tertiary/aromatic N) is 4. The Bertz CT molecular complexity index is 648. The maximum absolute atomic E-state index is 8.98. The number of thiazole rings is 1. The SMILES string of the molecule is Cc1ncc(C[n+]2csc(CCO)c2C)c(N)n1.O=[N+]([O-])[O-].[Fe]. The van der Waals surface area contributed by atoms with Crippen molar-refractivity contribution in [1.29, 1.82) is 0 Å². The summed E-state index contributed by atoms with van der Waals surface area (Å²) in [5.41, 5.74) is 10.0. The molecule has 128 valence electrons. The molecular formula is C12H17FeN5O4S. The van der Waals surface area contributed by atoms with Gasteiger partial charge in [0.2, 0.25) is 5.51 Å². The Morgan fingerprint density at radius 1 is 1.43 bits per heavy atom. The minimum absolute atomic E-state index is 0. The van der Waals surface area contributed by atoms with Gasteiger partial charge in [-0.1, -0.05) is 11.3 Å². The molecule has 9 nitrogen and oxygen atoms in total. The van der Waals surface area contributed by atoms with Gasteiger partial charge in [-0.15, -0.1) is 0 Å². The summed E-state index contributed by atoms with van der Waals surface area (Å²) in [5, 5.41) is 23.7. The van der Waals surface area contributed by atoms with Crippen LogP contribution in [0, 0.1) is 29.2 Å². The number of hydrogen-bond acceptors (Lipinski definition) is 8. The largest absolute Gasteiger partial charge is 0.396 e. The van der Waals surface area contributed by atoms with Crippen molar-refractivity contribution in [1.82, 2.24) is 9.97 Å². The molecule has 2 rings (SSSR count). The van der Waals surface area contributed by atoms with Crippen molar-refractivity contribution in [2.75, 3.05) is 12.3 Å². The molecule has 0 radical (unpaired) electrons. The van der Waals surface area contributed by atoms with E-state index in [1.54, 1.807) is 17.5 Å². The van der Waals surface area contributed by atoms with Gasteiger partial charge < -0.3 is 26.2 Å². The molecule has 23 heavy (non-hydrogen) atoms. The Kier molecular flexibility index (Phi) is 9.26. The van der Waals surface area contributed by atoms with E-state index < -0.39 is 5.09 Å². The summed E-state index contributed by atoms with van der Waals surface area (Å²) in [6, 6.07) is 0. The van der Waals surface area contributed by atoms with Crippen LogP contribution in [0.3, 0.4) is 0 Å². The van der Waals surface area contributed by atoms with Crippen LogP contribution < -0.4 is 10.3 Å². The topological polar surface area (TPSA) is 142 Å². The van der Waals surface area contributed by atoms with E-state index in [9.17, 15) is 0 Å². The van der Waals surface area contributed by atoms with Gasteiger partial charge >= 0.3 is 0 Å². The number of aliphatic hydroxyl groups is 1. The number of aliphatic hydroxyl groups excluding tert-OH is 1. The molecule has 0 aliphatic carbocycles. The van der Waals surface area contributed by atoms with Crippen molar-refractivity contribution in [2.24, 2.45) is 0 Å². The standard InChI is InChI=1S/C12H17N4OS.Fe.NO3/c1-8-11(3-4-17)18-7-16(8)6-10-5-14-9(2)15-12(10)13;;2-1(3)4/h5,7,17H,3-4,6H2,1-2H3,(H2,13,14,15);;/q+1;;-1. The van der Waals surface area contributed by atoms with E-state index in [1.165, 1.54) is 4.88 Å². The van der Waals surface area contributed by atoms with E-state index >= 15 is 0 Å². The number of aryl methyl sites for hydroxylation is 1. The quantitative estimate of drug-likeness (QED) is 0.336. The van der Waals surface area contributed by atoms with Crippen molar-refractivity contribution in [3.63, 3.8) is 0 Å². The molecule has 0 bridgehead atoms. The van der Waals surface area contributed by atoms with Crippen LogP contribution in [0.15, 0.2) is 11.7 Å². The zero-order chi connectivity index (χ0) is 16.7. The summed E-state index contributed by atoms with van der Waals surface area (Å²) in [5.74, 6) is 1.22. The molecule has 0 amide bonds. The van der Waals surface area contributed by atoms with Crippen LogP contribution >= 0.6 is 11.3 Å². The average Bonchev–Trinajstić information content (AvgIpc) is 2.75. The van der Waals surface area contributed by atoms with Crippen LogP contribution in [-0.4, -0.2) is 26.8 Å². The fourth-order valence-corrected chi connectivity index (χ4v) is 2.75. The molecule has 2 aromatic rings. The van der Waals surface area contributed by atoms with Gasteiger partial charge in [0.15, 0.2) is 12.2 Å². The van der Waals surface area contributed by atoms with Gasteiger partial charge in [0.1, 0.15) is 11.6 Å². The van der Waals surface area contributed by atoms with Gasteiger partial charge in [0.25, 0.3) is 0 Å². The van der Waals surface area contributed by atoms with E-state index in [1.807, 2.05) is 19.4 Å². The fraction of sp³-hybridized carbons (Fsp3) is 0.417. The van der Waals surface area contributed by atoms with Crippen LogP contribution in [0.25, 0.3) is 0 Å². The van der Waals surface area contributed by atoms with Crippen molar-refractivity contribution >= 4 is 17.2 Å². The number of aromatic nitrogens is 3. The molecule has 0 unspecified atom stereocenters. The molecule has 0 saturated heterocycles. The Hall–Kier alpha value is -1.81. The summed E-state index contributed by atoms with van der Waals surface area (Å²) in [4.78, 5) is 17.8. The second-order valence-corrected chi connectivity index (χ2v) is 5.32. The normalized spacial score (nSPS) is 9.52. The molecule has 11 heteroatoms. The van der Waals surface area contributed by atoms with Crippen molar-refractivity contribution in [3.05, 3.63) is 49.0 Å². The molecule has 2 heterocycles. The minimum Gasteiger partial charge on any atom is -0.396 e. The molecule has 0 fully saturated rings. The molecular weight excluding hydrogens is 366 g/mol. The monoisotopic (exact) mass is 383 g/mol. The Morgan fingerprint density at radius 3 is 2.57 bits per heavy atom. The second-order valence-electron chi connectivity index (χ2n) is 4.38. The first-order valence-electron chi connectivity index (χ1n) is 6.32. The maximum Gasteiger partial charge on any atom is 0.225 e. The predicted molar refractivity (Wildman–Crippen MR) is 80.7 cm³/mol. The smallest absolute Gasteiger partial charge is 0.225 e. The average molecular weight is 383 g/mol. The van der Waals surface area contributed by atoms with E-state index in [0.717, 1.165) is 11.3 Å². The molecule has 0 aliphatic heterocycles. The van der Waals surface area contributed by atoms with Gasteiger partial charge in [0, 0.05) is 43.2 Å². The van der Waals surface area contributed by atoms with Crippen LogP contribution in [0.4, 0.5) is 5.82 Å².